The number of aromatic hydroxyl groups is 1. The van der Waals surface area contributed by atoms with E-state index < -0.39 is 11.9 Å². The summed E-state index contributed by atoms with van der Waals surface area (Å²) in [5.74, 6) is 0.688. The van der Waals surface area contributed by atoms with Crippen LogP contribution >= 0.6 is 0 Å². The summed E-state index contributed by atoms with van der Waals surface area (Å²) >= 11 is 0. The zero-order chi connectivity index (χ0) is 39.5. The fraction of sp³-hybridized carbons (Fsp3) is 0.417. The molecule has 0 spiro atoms. The van der Waals surface area contributed by atoms with Crippen molar-refractivity contribution < 1.29 is 24.3 Å². The average molecular weight is 778 g/mol. The van der Waals surface area contributed by atoms with E-state index in [9.17, 15) is 24.3 Å². The van der Waals surface area contributed by atoms with Crippen molar-refractivity contribution in [1.82, 2.24) is 20.0 Å². The van der Waals surface area contributed by atoms with Crippen molar-refractivity contribution in [2.24, 2.45) is 5.92 Å². The van der Waals surface area contributed by atoms with Crippen LogP contribution in [0, 0.1) is 5.92 Å². The normalized spacial score (nSPS) is 24.2. The fourth-order valence-electron chi connectivity index (χ4n) is 11.0. The number of nitrogens with one attached hydrogen (secondary N) is 1. The standard InChI is InChI=1S/C48H51N5O5/c54-38-11-13-40-33(25-38)8-12-39(31-4-2-1-3-5-31)45(40)32-6-9-36(10-7-32)51-22-16-30(17-23-51)27-50-20-18-37(19-21-50)52-28-34-24-35-29-53(43-14-15-44(55)49-46(43)56)48(58)42(35)26-41(34)47(52)57/h1-7,9-11,13,24-26,30,37,39,43,45,54H,8,12,14-23,27-29H2,(H,49,55,56)/t39-,43?,45+/m1/s1. The topological polar surface area (TPSA) is 114 Å². The van der Waals surface area contributed by atoms with Crippen molar-refractivity contribution in [1.29, 1.82) is 0 Å². The highest BCUT2D eigenvalue weighted by molar-refractivity contribution is 6.07. The van der Waals surface area contributed by atoms with E-state index in [0.29, 0.717) is 48.2 Å². The number of imide groups is 1. The molecular weight excluding hydrogens is 727 g/mol. The molecule has 5 aliphatic heterocycles. The number of fused-ring (bicyclic) bond motifs is 3. The summed E-state index contributed by atoms with van der Waals surface area (Å²) in [5.41, 5.74) is 9.51. The van der Waals surface area contributed by atoms with Gasteiger partial charge >= 0.3 is 0 Å². The first kappa shape index (κ1) is 36.8. The van der Waals surface area contributed by atoms with E-state index in [1.165, 1.54) is 40.8 Å². The summed E-state index contributed by atoms with van der Waals surface area (Å²) in [5, 5.41) is 12.6. The quantitative estimate of drug-likeness (QED) is 0.211. The van der Waals surface area contributed by atoms with Crippen LogP contribution in [-0.4, -0.2) is 88.2 Å². The summed E-state index contributed by atoms with van der Waals surface area (Å²) in [7, 11) is 0. The van der Waals surface area contributed by atoms with Crippen LogP contribution in [0.5, 0.6) is 5.75 Å². The molecule has 5 heterocycles. The Morgan fingerprint density at radius 2 is 1.34 bits per heavy atom. The highest BCUT2D eigenvalue weighted by Crippen LogP contribution is 2.47. The Kier molecular flexibility index (Phi) is 9.55. The van der Waals surface area contributed by atoms with E-state index in [-0.39, 0.29) is 36.1 Å². The molecule has 10 nitrogen and oxygen atoms in total. The summed E-state index contributed by atoms with van der Waals surface area (Å²) < 4.78 is 0. The second kappa shape index (κ2) is 15.0. The molecule has 0 aromatic heterocycles. The molecule has 3 atom stereocenters. The fourth-order valence-corrected chi connectivity index (χ4v) is 11.0. The summed E-state index contributed by atoms with van der Waals surface area (Å²) in [4.78, 5) is 60.0. The second-order valence-electron chi connectivity index (χ2n) is 17.5. The molecule has 3 fully saturated rings. The van der Waals surface area contributed by atoms with Crippen LogP contribution in [0.3, 0.4) is 0 Å². The molecule has 2 N–H and O–H groups in total. The molecule has 1 unspecified atom stereocenters. The number of phenolic OH excluding ortho intramolecular Hbond substituents is 1. The summed E-state index contributed by atoms with van der Waals surface area (Å²) in [6, 6.07) is 29.4. The summed E-state index contributed by atoms with van der Waals surface area (Å²) in [6.07, 6.45) is 6.81. The molecule has 0 radical (unpaired) electrons. The van der Waals surface area contributed by atoms with Gasteiger partial charge in [0, 0.05) is 81.0 Å². The lowest BCUT2D eigenvalue weighted by Gasteiger charge is -2.40. The SMILES string of the molecule is O=C1CCC(N2Cc3cc4c(cc3C2=O)C(=O)N(C2CCN(CC3CCN(c5ccc([C@@H]6c7ccc(O)cc7CC[C@@H]6c6ccccc6)cc5)CC3)CC2)C4)C(=O)N1. The van der Waals surface area contributed by atoms with Gasteiger partial charge in [-0.05, 0) is 120 Å². The number of nitrogens with zero attached hydrogens (tertiary/aromatic N) is 4. The molecule has 0 saturated carbocycles. The van der Waals surface area contributed by atoms with Gasteiger partial charge in [0.2, 0.25) is 11.8 Å². The first-order valence-electron chi connectivity index (χ1n) is 21.3. The zero-order valence-electron chi connectivity index (χ0n) is 32.9. The number of phenols is 1. The Bertz CT molecular complexity index is 2260. The van der Waals surface area contributed by atoms with Gasteiger partial charge in [-0.2, -0.15) is 0 Å². The van der Waals surface area contributed by atoms with E-state index in [0.717, 1.165) is 69.5 Å². The number of rotatable bonds is 7. The minimum Gasteiger partial charge on any atom is -0.508 e. The largest absolute Gasteiger partial charge is 0.508 e. The van der Waals surface area contributed by atoms with Gasteiger partial charge in [0.1, 0.15) is 11.8 Å². The van der Waals surface area contributed by atoms with Gasteiger partial charge in [-0.3, -0.25) is 24.5 Å². The number of amides is 4. The number of likely N-dealkylation sites (tertiary alicyclic amines) is 1. The molecule has 6 aliphatic rings. The van der Waals surface area contributed by atoms with E-state index in [1.807, 2.05) is 23.1 Å². The Morgan fingerprint density at radius 1 is 0.638 bits per heavy atom. The first-order valence-corrected chi connectivity index (χ1v) is 21.3. The minimum absolute atomic E-state index is 0.00349. The Labute approximate surface area is 339 Å². The lowest BCUT2D eigenvalue weighted by Crippen LogP contribution is -2.52. The molecular formula is C48H51N5O5. The molecule has 3 saturated heterocycles. The van der Waals surface area contributed by atoms with Crippen LogP contribution in [-0.2, 0) is 29.1 Å². The van der Waals surface area contributed by atoms with Crippen molar-refractivity contribution >= 4 is 29.3 Å². The molecule has 10 rings (SSSR count). The lowest BCUT2D eigenvalue weighted by atomic mass is 9.69. The number of carbonyl (C=O) groups excluding carboxylic acids is 4. The van der Waals surface area contributed by atoms with Crippen LogP contribution in [0.1, 0.15) is 111 Å². The maximum absolute atomic E-state index is 13.7. The Hall–Kier alpha value is -5.48. The minimum atomic E-state index is -0.659. The number of carbonyl (C=O) groups is 4. The Morgan fingerprint density at radius 3 is 2.07 bits per heavy atom. The molecule has 4 aromatic rings. The van der Waals surface area contributed by atoms with Crippen molar-refractivity contribution in [3.8, 4) is 5.75 Å². The van der Waals surface area contributed by atoms with Gasteiger partial charge in [0.15, 0.2) is 0 Å². The molecule has 4 amide bonds. The van der Waals surface area contributed by atoms with Gasteiger partial charge in [0.05, 0.1) is 0 Å². The molecule has 1 aliphatic carbocycles. The van der Waals surface area contributed by atoms with Crippen LogP contribution in [0.2, 0.25) is 0 Å². The predicted octanol–water partition coefficient (Wildman–Crippen LogP) is 6.35. The number of anilines is 1. The molecule has 58 heavy (non-hydrogen) atoms. The number of aryl methyl sites for hydroxylation is 1. The highest BCUT2D eigenvalue weighted by Gasteiger charge is 2.42. The van der Waals surface area contributed by atoms with E-state index >= 15 is 0 Å². The van der Waals surface area contributed by atoms with Crippen molar-refractivity contribution in [3.05, 3.63) is 129 Å². The third kappa shape index (κ3) is 6.75. The molecule has 4 aromatic carbocycles. The van der Waals surface area contributed by atoms with Crippen molar-refractivity contribution in [2.45, 2.75) is 88.4 Å². The van der Waals surface area contributed by atoms with Gasteiger partial charge < -0.3 is 24.7 Å². The van der Waals surface area contributed by atoms with Gasteiger partial charge in [0.25, 0.3) is 11.8 Å². The number of hydrogen-bond acceptors (Lipinski definition) is 7. The number of hydrogen-bond donors (Lipinski definition) is 2. The highest BCUT2D eigenvalue weighted by atomic mass is 16.3. The van der Waals surface area contributed by atoms with Crippen molar-refractivity contribution in [3.63, 3.8) is 0 Å². The molecule has 298 valence electrons. The van der Waals surface area contributed by atoms with Gasteiger partial charge in [-0.15, -0.1) is 0 Å². The van der Waals surface area contributed by atoms with Gasteiger partial charge in [-0.25, -0.2) is 0 Å². The van der Waals surface area contributed by atoms with E-state index in [1.54, 1.807) is 11.0 Å². The predicted molar refractivity (Wildman–Crippen MR) is 221 cm³/mol. The first-order chi connectivity index (χ1) is 28.3. The maximum atomic E-state index is 13.7. The number of piperidine rings is 3. The van der Waals surface area contributed by atoms with Crippen LogP contribution in [0.4, 0.5) is 5.69 Å². The zero-order valence-corrected chi connectivity index (χ0v) is 32.9. The second-order valence-corrected chi connectivity index (χ2v) is 17.5. The number of benzene rings is 4. The van der Waals surface area contributed by atoms with Crippen molar-refractivity contribution in [2.75, 3.05) is 37.6 Å². The molecule has 0 bridgehead atoms. The maximum Gasteiger partial charge on any atom is 0.255 e. The third-order valence-electron chi connectivity index (χ3n) is 14.1. The lowest BCUT2D eigenvalue weighted by molar-refractivity contribution is -0.136. The average Bonchev–Trinajstić information content (AvgIpc) is 3.74. The monoisotopic (exact) mass is 777 g/mol. The molecule has 10 heteroatoms. The Balaban J connectivity index is 0.721. The van der Waals surface area contributed by atoms with E-state index in [4.69, 9.17) is 0 Å². The smallest absolute Gasteiger partial charge is 0.255 e. The van der Waals surface area contributed by atoms with Crippen LogP contribution < -0.4 is 10.2 Å². The third-order valence-corrected chi connectivity index (χ3v) is 14.1. The van der Waals surface area contributed by atoms with Gasteiger partial charge in [-0.1, -0.05) is 54.6 Å². The van der Waals surface area contributed by atoms with E-state index in [2.05, 4.69) is 75.8 Å². The van der Waals surface area contributed by atoms with Crippen LogP contribution in [0.15, 0.2) is 84.9 Å². The summed E-state index contributed by atoms with van der Waals surface area (Å²) in [6.45, 7) is 6.05. The van der Waals surface area contributed by atoms with Crippen LogP contribution in [0.25, 0.3) is 0 Å².